The van der Waals surface area contributed by atoms with Gasteiger partial charge in [0.05, 0.1) is 11.9 Å². The lowest BCUT2D eigenvalue weighted by molar-refractivity contribution is -0.140. The van der Waals surface area contributed by atoms with Gasteiger partial charge in [-0.3, -0.25) is 13.9 Å². The number of para-hydroxylation sites is 1. The molecule has 45 heavy (non-hydrogen) atoms. The van der Waals surface area contributed by atoms with Gasteiger partial charge in [-0.15, -0.1) is 0 Å². The first-order valence-corrected chi connectivity index (χ1v) is 16.7. The Morgan fingerprint density at radius 3 is 1.96 bits per heavy atom. The van der Waals surface area contributed by atoms with Crippen LogP contribution in [0.5, 0.6) is 11.5 Å². The van der Waals surface area contributed by atoms with Gasteiger partial charge in [-0.25, -0.2) is 8.42 Å². The normalized spacial score (nSPS) is 12.2. The van der Waals surface area contributed by atoms with Crippen LogP contribution in [-0.2, 0) is 32.6 Å². The van der Waals surface area contributed by atoms with Crippen LogP contribution < -0.4 is 14.4 Å². The summed E-state index contributed by atoms with van der Waals surface area (Å²) in [6.07, 6.45) is 1.25. The van der Waals surface area contributed by atoms with E-state index in [1.165, 1.54) is 4.90 Å². The number of sulfonamides is 1. The summed E-state index contributed by atoms with van der Waals surface area (Å²) in [5.41, 5.74) is 1.18. The minimum atomic E-state index is -3.91. The number of hydrogen-bond donors (Lipinski definition) is 1. The van der Waals surface area contributed by atoms with E-state index >= 15 is 0 Å². The van der Waals surface area contributed by atoms with Crippen molar-refractivity contribution in [2.24, 2.45) is 0 Å². The van der Waals surface area contributed by atoms with Crippen molar-refractivity contribution >= 4 is 39.1 Å². The van der Waals surface area contributed by atoms with Crippen molar-refractivity contribution < 1.29 is 22.7 Å². The Kier molecular flexibility index (Phi) is 10.9. The lowest BCUT2D eigenvalue weighted by atomic mass is 10.0. The van der Waals surface area contributed by atoms with E-state index in [0.717, 1.165) is 16.1 Å². The fourth-order valence-corrected chi connectivity index (χ4v) is 5.78. The van der Waals surface area contributed by atoms with E-state index < -0.39 is 34.1 Å². The van der Waals surface area contributed by atoms with Crippen molar-refractivity contribution in [1.29, 1.82) is 0 Å². The fourth-order valence-electron chi connectivity index (χ4n) is 4.74. The highest BCUT2D eigenvalue weighted by atomic mass is 35.5. The highest BCUT2D eigenvalue weighted by Gasteiger charge is 2.34. The molecule has 0 aliphatic carbocycles. The SMILES string of the molecule is CC(C)(C)NC(=O)[C@H](Cc1ccccc1)N(Cc1ccccc1Cl)C(=O)CN(c1ccc(Oc2ccccc2)cc1)S(C)(=O)=O. The standard InChI is InChI=1S/C35H38ClN3O5S/c1-35(2,3)37-34(41)32(23-26-13-7-5-8-14-26)38(24-27-15-11-12-18-31(27)36)33(40)25-39(45(4,42)43)28-19-21-30(22-20-28)44-29-16-9-6-10-17-29/h5-22,32H,23-25H2,1-4H3,(H,37,41)/t32-/m0/s1. The highest BCUT2D eigenvalue weighted by molar-refractivity contribution is 7.92. The third-order valence-corrected chi connectivity index (χ3v) is 8.36. The number of benzene rings is 4. The molecule has 4 aromatic carbocycles. The number of amides is 2. The summed E-state index contributed by atoms with van der Waals surface area (Å²) in [5, 5.41) is 3.43. The molecule has 1 N–H and O–H groups in total. The molecule has 10 heteroatoms. The molecule has 8 nitrogen and oxygen atoms in total. The molecule has 4 aromatic rings. The molecular weight excluding hydrogens is 610 g/mol. The van der Waals surface area contributed by atoms with Crippen LogP contribution in [0.25, 0.3) is 0 Å². The summed E-state index contributed by atoms with van der Waals surface area (Å²) in [7, 11) is -3.91. The number of carbonyl (C=O) groups excluding carboxylic acids is 2. The summed E-state index contributed by atoms with van der Waals surface area (Å²) in [6.45, 7) is 5.05. The maximum absolute atomic E-state index is 14.3. The van der Waals surface area contributed by atoms with Gasteiger partial charge in [0.1, 0.15) is 24.1 Å². The number of rotatable bonds is 12. The largest absolute Gasteiger partial charge is 0.457 e. The zero-order valence-corrected chi connectivity index (χ0v) is 27.4. The van der Waals surface area contributed by atoms with Crippen LogP contribution in [0.4, 0.5) is 5.69 Å². The van der Waals surface area contributed by atoms with E-state index in [0.29, 0.717) is 22.1 Å². The first-order valence-electron chi connectivity index (χ1n) is 14.5. The second-order valence-corrected chi connectivity index (χ2v) is 14.1. The van der Waals surface area contributed by atoms with Crippen molar-refractivity contribution in [3.05, 3.63) is 125 Å². The Bertz CT molecular complexity index is 1690. The summed E-state index contributed by atoms with van der Waals surface area (Å²) in [6, 6.07) is 31.1. The zero-order valence-electron chi connectivity index (χ0n) is 25.8. The quantitative estimate of drug-likeness (QED) is 0.191. The van der Waals surface area contributed by atoms with E-state index in [4.69, 9.17) is 16.3 Å². The van der Waals surface area contributed by atoms with Gasteiger partial charge in [0.2, 0.25) is 21.8 Å². The Labute approximate surface area is 270 Å². The molecule has 0 saturated carbocycles. The van der Waals surface area contributed by atoms with Crippen LogP contribution in [-0.4, -0.2) is 49.5 Å². The van der Waals surface area contributed by atoms with Gasteiger partial charge in [0.25, 0.3) is 0 Å². The van der Waals surface area contributed by atoms with Gasteiger partial charge in [-0.2, -0.15) is 0 Å². The van der Waals surface area contributed by atoms with Gasteiger partial charge in [-0.1, -0.05) is 78.3 Å². The van der Waals surface area contributed by atoms with Crippen molar-refractivity contribution in [2.75, 3.05) is 17.1 Å². The molecule has 0 bridgehead atoms. The molecule has 236 valence electrons. The first kappa shape index (κ1) is 33.6. The van der Waals surface area contributed by atoms with Crippen LogP contribution >= 0.6 is 11.6 Å². The molecule has 0 saturated heterocycles. The molecule has 0 aliphatic heterocycles. The average molecular weight is 648 g/mol. The Balaban J connectivity index is 1.70. The maximum atomic E-state index is 14.3. The lowest BCUT2D eigenvalue weighted by Gasteiger charge is -2.35. The molecule has 0 fully saturated rings. The topological polar surface area (TPSA) is 96.0 Å². The summed E-state index contributed by atoms with van der Waals surface area (Å²) < 4.78 is 33.0. The van der Waals surface area contributed by atoms with Gasteiger partial charge in [0.15, 0.2) is 0 Å². The number of nitrogens with one attached hydrogen (secondary N) is 1. The third-order valence-electron chi connectivity index (χ3n) is 6.85. The average Bonchev–Trinajstić information content (AvgIpc) is 2.98. The van der Waals surface area contributed by atoms with Gasteiger partial charge < -0.3 is 15.0 Å². The van der Waals surface area contributed by atoms with E-state index in [2.05, 4.69) is 5.32 Å². The second kappa shape index (κ2) is 14.6. The summed E-state index contributed by atoms with van der Waals surface area (Å²) >= 11 is 6.51. The van der Waals surface area contributed by atoms with Crippen molar-refractivity contribution in [2.45, 2.75) is 45.3 Å². The van der Waals surface area contributed by atoms with Crippen molar-refractivity contribution in [1.82, 2.24) is 10.2 Å². The minimum Gasteiger partial charge on any atom is -0.457 e. The monoisotopic (exact) mass is 647 g/mol. The molecule has 0 radical (unpaired) electrons. The molecule has 0 aliphatic rings. The lowest BCUT2D eigenvalue weighted by Crippen LogP contribution is -2.56. The molecule has 4 rings (SSSR count). The third kappa shape index (κ3) is 9.83. The van der Waals surface area contributed by atoms with E-state index in [-0.39, 0.29) is 24.6 Å². The fraction of sp³-hybridized carbons (Fsp3) is 0.257. The zero-order chi connectivity index (χ0) is 32.6. The van der Waals surface area contributed by atoms with Gasteiger partial charge in [-0.05, 0) is 74.4 Å². The predicted octanol–water partition coefficient (Wildman–Crippen LogP) is 6.45. The smallest absolute Gasteiger partial charge is 0.244 e. The van der Waals surface area contributed by atoms with Crippen molar-refractivity contribution in [3.63, 3.8) is 0 Å². The first-order chi connectivity index (χ1) is 21.3. The number of nitrogens with zero attached hydrogens (tertiary/aromatic N) is 2. The Morgan fingerprint density at radius 2 is 1.38 bits per heavy atom. The molecule has 0 heterocycles. The van der Waals surface area contributed by atoms with E-state index in [1.54, 1.807) is 48.5 Å². The number of anilines is 1. The second-order valence-electron chi connectivity index (χ2n) is 11.7. The molecule has 0 spiro atoms. The van der Waals surface area contributed by atoms with Crippen LogP contribution in [0.15, 0.2) is 109 Å². The van der Waals surface area contributed by atoms with E-state index in [9.17, 15) is 18.0 Å². The van der Waals surface area contributed by atoms with Crippen LogP contribution in [0, 0.1) is 0 Å². The maximum Gasteiger partial charge on any atom is 0.244 e. The highest BCUT2D eigenvalue weighted by Crippen LogP contribution is 2.27. The Morgan fingerprint density at radius 1 is 0.822 bits per heavy atom. The molecule has 2 amide bonds. The van der Waals surface area contributed by atoms with Gasteiger partial charge >= 0.3 is 0 Å². The van der Waals surface area contributed by atoms with Crippen LogP contribution in [0.3, 0.4) is 0 Å². The van der Waals surface area contributed by atoms with Crippen molar-refractivity contribution in [3.8, 4) is 11.5 Å². The van der Waals surface area contributed by atoms with Crippen LogP contribution in [0.1, 0.15) is 31.9 Å². The molecule has 0 unspecified atom stereocenters. The summed E-state index contributed by atoms with van der Waals surface area (Å²) in [5.74, 6) is 0.218. The minimum absolute atomic E-state index is 0.00494. The number of halogens is 1. The number of hydrogen-bond acceptors (Lipinski definition) is 5. The number of ether oxygens (including phenoxy) is 1. The van der Waals surface area contributed by atoms with Crippen LogP contribution in [0.2, 0.25) is 5.02 Å². The molecule has 1 atom stereocenters. The molecule has 0 aromatic heterocycles. The van der Waals surface area contributed by atoms with Gasteiger partial charge in [0, 0.05) is 23.5 Å². The Hall–Kier alpha value is -4.34. The molecular formula is C35H38ClN3O5S. The predicted molar refractivity (Wildman–Crippen MR) is 179 cm³/mol. The van der Waals surface area contributed by atoms with E-state index in [1.807, 2.05) is 81.4 Å². The number of carbonyl (C=O) groups is 2. The summed E-state index contributed by atoms with van der Waals surface area (Å²) in [4.78, 5) is 29.5.